The molecule has 0 radical (unpaired) electrons. The molecule has 0 aromatic carbocycles. The van der Waals surface area contributed by atoms with Crippen molar-refractivity contribution in [3.63, 3.8) is 0 Å². The van der Waals surface area contributed by atoms with Crippen molar-refractivity contribution >= 4 is 0 Å². The lowest BCUT2D eigenvalue weighted by atomic mass is 9.43. The van der Waals surface area contributed by atoms with E-state index in [0.29, 0.717) is 27.6 Å². The van der Waals surface area contributed by atoms with E-state index >= 15 is 0 Å². The maximum absolute atomic E-state index is 10.6. The molecule has 5 aliphatic carbocycles. The van der Waals surface area contributed by atoms with E-state index in [4.69, 9.17) is 0 Å². The number of hydrogen-bond acceptors (Lipinski definition) is 1. The van der Waals surface area contributed by atoms with E-state index in [1.54, 1.807) is 0 Å². The standard InChI is InChI=1S/C29H50O/c1-19(2)8-7-9-20(3)22-12-14-27(6)25-11-10-23-21(4)24(30)13-15-28(23)18-29(25,28)17-16-26(22,27)5/h19-25,30H,7-18H2,1-6H3/t20-,21-,22+,23-,24-,25-,26+,27-,28+,29-/m0/s1. The minimum atomic E-state index is -0.0261. The van der Waals surface area contributed by atoms with E-state index in [9.17, 15) is 5.11 Å². The topological polar surface area (TPSA) is 20.2 Å². The molecule has 0 unspecified atom stereocenters. The van der Waals surface area contributed by atoms with E-state index in [1.165, 1.54) is 70.6 Å². The van der Waals surface area contributed by atoms with Crippen molar-refractivity contribution in [3.05, 3.63) is 0 Å². The van der Waals surface area contributed by atoms with Gasteiger partial charge in [-0.1, -0.05) is 60.8 Å². The Hall–Kier alpha value is -0.0400. The third kappa shape index (κ3) is 2.63. The minimum absolute atomic E-state index is 0.0261. The van der Waals surface area contributed by atoms with E-state index in [0.717, 1.165) is 36.0 Å². The average molecular weight is 415 g/mol. The molecule has 30 heavy (non-hydrogen) atoms. The van der Waals surface area contributed by atoms with Crippen LogP contribution >= 0.6 is 0 Å². The predicted molar refractivity (Wildman–Crippen MR) is 126 cm³/mol. The van der Waals surface area contributed by atoms with Gasteiger partial charge in [-0.15, -0.1) is 0 Å². The molecule has 1 N–H and O–H groups in total. The molecular weight excluding hydrogens is 364 g/mol. The van der Waals surface area contributed by atoms with Gasteiger partial charge >= 0.3 is 0 Å². The van der Waals surface area contributed by atoms with Gasteiger partial charge in [-0.05, 0) is 115 Å². The molecule has 5 fully saturated rings. The molecule has 0 aromatic heterocycles. The summed E-state index contributed by atoms with van der Waals surface area (Å²) in [5.41, 5.74) is 2.42. The van der Waals surface area contributed by atoms with Gasteiger partial charge in [0.05, 0.1) is 6.10 Å². The van der Waals surface area contributed by atoms with Crippen molar-refractivity contribution in [3.8, 4) is 0 Å². The summed E-state index contributed by atoms with van der Waals surface area (Å²) in [6.07, 6.45) is 17.1. The first kappa shape index (κ1) is 21.8. The smallest absolute Gasteiger partial charge is 0.0568 e. The van der Waals surface area contributed by atoms with Gasteiger partial charge in [-0.2, -0.15) is 0 Å². The number of aliphatic hydroxyl groups is 1. The predicted octanol–water partition coefficient (Wildman–Crippen LogP) is 7.86. The summed E-state index contributed by atoms with van der Waals surface area (Å²) >= 11 is 0. The Labute approximate surface area is 187 Å². The maximum Gasteiger partial charge on any atom is 0.0568 e. The number of aliphatic hydroxyl groups excluding tert-OH is 1. The lowest BCUT2D eigenvalue weighted by molar-refractivity contribution is -0.142. The summed E-state index contributed by atoms with van der Waals surface area (Å²) in [5, 5.41) is 10.6. The largest absolute Gasteiger partial charge is 0.393 e. The van der Waals surface area contributed by atoms with Gasteiger partial charge in [-0.3, -0.25) is 0 Å². The van der Waals surface area contributed by atoms with Crippen molar-refractivity contribution in [2.24, 2.45) is 57.2 Å². The molecule has 0 amide bonds. The number of fused-ring (bicyclic) bond motifs is 2. The van der Waals surface area contributed by atoms with Crippen LogP contribution in [0.4, 0.5) is 0 Å². The van der Waals surface area contributed by atoms with Gasteiger partial charge in [0.2, 0.25) is 0 Å². The SMILES string of the molecule is CC(C)CCC[C@H](C)[C@H]1CC[C@@]2(C)[C@@H]3CC[C@H]4[C@H](C)[C@@H](O)CC[C@@]45C[C@@]35CC[C@]12C. The molecule has 5 saturated carbocycles. The Kier molecular flexibility index (Phi) is 5.07. The molecule has 0 heterocycles. The van der Waals surface area contributed by atoms with Crippen LogP contribution in [-0.2, 0) is 0 Å². The normalized spacial score (nSPS) is 55.4. The quantitative estimate of drug-likeness (QED) is 0.485. The van der Waals surface area contributed by atoms with Crippen molar-refractivity contribution in [1.29, 1.82) is 0 Å². The molecule has 1 heteroatoms. The number of hydrogen-bond donors (Lipinski definition) is 1. The van der Waals surface area contributed by atoms with E-state index in [2.05, 4.69) is 41.5 Å². The molecule has 10 atom stereocenters. The molecule has 172 valence electrons. The summed E-state index contributed by atoms with van der Waals surface area (Å²) in [5.74, 6) is 5.03. The fourth-order valence-electron chi connectivity index (χ4n) is 11.0. The molecule has 2 spiro atoms. The molecule has 1 nitrogen and oxygen atoms in total. The molecular formula is C29H50O. The van der Waals surface area contributed by atoms with Crippen LogP contribution in [0.1, 0.15) is 119 Å². The van der Waals surface area contributed by atoms with Crippen molar-refractivity contribution in [2.45, 2.75) is 125 Å². The van der Waals surface area contributed by atoms with E-state index in [-0.39, 0.29) is 6.10 Å². The summed E-state index contributed by atoms with van der Waals surface area (Å²) in [6, 6.07) is 0. The summed E-state index contributed by atoms with van der Waals surface area (Å²) in [7, 11) is 0. The van der Waals surface area contributed by atoms with Crippen LogP contribution in [0.15, 0.2) is 0 Å². The molecule has 5 aliphatic rings. The highest BCUT2D eigenvalue weighted by atomic mass is 16.3. The van der Waals surface area contributed by atoms with Crippen LogP contribution in [-0.4, -0.2) is 11.2 Å². The summed E-state index contributed by atoms with van der Waals surface area (Å²) in [4.78, 5) is 0. The molecule has 5 rings (SSSR count). The zero-order chi connectivity index (χ0) is 21.5. The van der Waals surface area contributed by atoms with Crippen LogP contribution in [0.25, 0.3) is 0 Å². The Morgan fingerprint density at radius 2 is 1.60 bits per heavy atom. The second-order valence-corrected chi connectivity index (χ2v) is 14.0. The fraction of sp³-hybridized carbons (Fsp3) is 1.00. The van der Waals surface area contributed by atoms with Gasteiger partial charge in [0.15, 0.2) is 0 Å². The first-order chi connectivity index (χ1) is 14.1. The zero-order valence-corrected chi connectivity index (χ0v) is 21.0. The van der Waals surface area contributed by atoms with E-state index < -0.39 is 0 Å². The van der Waals surface area contributed by atoms with Crippen molar-refractivity contribution in [1.82, 2.24) is 0 Å². The van der Waals surface area contributed by atoms with Crippen LogP contribution in [0, 0.1) is 57.2 Å². The minimum Gasteiger partial charge on any atom is -0.393 e. The highest BCUT2D eigenvalue weighted by Crippen LogP contribution is 2.88. The lowest BCUT2D eigenvalue weighted by Crippen LogP contribution is -2.55. The van der Waals surface area contributed by atoms with Crippen molar-refractivity contribution < 1.29 is 5.11 Å². The van der Waals surface area contributed by atoms with Crippen LogP contribution in [0.2, 0.25) is 0 Å². The molecule has 0 saturated heterocycles. The monoisotopic (exact) mass is 414 g/mol. The van der Waals surface area contributed by atoms with Crippen LogP contribution in [0.3, 0.4) is 0 Å². The first-order valence-electron chi connectivity index (χ1n) is 13.8. The maximum atomic E-state index is 10.6. The Morgan fingerprint density at radius 3 is 2.33 bits per heavy atom. The third-order valence-electron chi connectivity index (χ3n) is 12.9. The van der Waals surface area contributed by atoms with Crippen LogP contribution in [0.5, 0.6) is 0 Å². The van der Waals surface area contributed by atoms with Crippen LogP contribution < -0.4 is 0 Å². The first-order valence-corrected chi connectivity index (χ1v) is 13.8. The Morgan fingerprint density at radius 1 is 0.833 bits per heavy atom. The van der Waals surface area contributed by atoms with Crippen molar-refractivity contribution in [2.75, 3.05) is 0 Å². The average Bonchev–Trinajstić information content (AvgIpc) is 3.27. The summed E-state index contributed by atoms with van der Waals surface area (Å²) < 4.78 is 0. The second kappa shape index (κ2) is 6.98. The zero-order valence-electron chi connectivity index (χ0n) is 21.0. The Balaban J connectivity index is 1.37. The van der Waals surface area contributed by atoms with Gasteiger partial charge in [0.25, 0.3) is 0 Å². The summed E-state index contributed by atoms with van der Waals surface area (Å²) in [6.45, 7) is 15.2. The highest BCUT2D eigenvalue weighted by molar-refractivity contribution is 5.29. The molecule has 0 bridgehead atoms. The van der Waals surface area contributed by atoms with Gasteiger partial charge < -0.3 is 5.11 Å². The fourth-order valence-corrected chi connectivity index (χ4v) is 11.0. The second-order valence-electron chi connectivity index (χ2n) is 14.0. The molecule has 0 aromatic rings. The van der Waals surface area contributed by atoms with Gasteiger partial charge in [0.1, 0.15) is 0 Å². The number of rotatable bonds is 5. The highest BCUT2D eigenvalue weighted by Gasteiger charge is 2.81. The van der Waals surface area contributed by atoms with E-state index in [1.807, 2.05) is 0 Å². The molecule has 0 aliphatic heterocycles. The van der Waals surface area contributed by atoms with Gasteiger partial charge in [0, 0.05) is 0 Å². The third-order valence-corrected chi connectivity index (χ3v) is 12.9. The Bertz CT molecular complexity index is 669. The lowest BCUT2D eigenvalue weighted by Gasteiger charge is -2.62. The van der Waals surface area contributed by atoms with Gasteiger partial charge in [-0.25, -0.2) is 0 Å².